The first-order valence-electron chi connectivity index (χ1n) is 0.730. The molecule has 8 heavy (non-hydrogen) atoms. The standard InChI is InChI=1S/Ca.Fe.Na.H3O4P/c;;;1-5(2,3)4/h;;;(H3,1,2,3,4)/q2*+2;+1;/p-3. The van der Waals surface area contributed by atoms with Gasteiger partial charge >= 0.3 is 84.4 Å². The van der Waals surface area contributed by atoms with Gasteiger partial charge in [-0.2, -0.15) is 7.82 Å². The van der Waals surface area contributed by atoms with E-state index in [1.807, 2.05) is 0 Å². The van der Waals surface area contributed by atoms with Crippen molar-refractivity contribution in [2.24, 2.45) is 0 Å². The second kappa shape index (κ2) is 9.89. The van der Waals surface area contributed by atoms with Gasteiger partial charge in [-0.25, -0.2) is 0 Å². The molecule has 0 heterocycles. The molecule has 0 unspecified atom stereocenters. The maximum absolute atomic E-state index is 8.55. The average molecular weight is 214 g/mol. The minimum absolute atomic E-state index is 0. The van der Waals surface area contributed by atoms with Crippen LogP contribution in [0.2, 0.25) is 0 Å². The van der Waals surface area contributed by atoms with Crippen molar-refractivity contribution in [3.8, 4) is 0 Å². The summed E-state index contributed by atoms with van der Waals surface area (Å²) in [6.07, 6.45) is 0. The zero-order chi connectivity index (χ0) is 4.50. The molecule has 0 aliphatic carbocycles. The van der Waals surface area contributed by atoms with Gasteiger partial charge in [-0.1, -0.05) is 0 Å². The Hall–Kier alpha value is 2.89. The third-order valence-corrected chi connectivity index (χ3v) is 0. The van der Waals surface area contributed by atoms with Crippen molar-refractivity contribution >= 4 is 45.6 Å². The van der Waals surface area contributed by atoms with E-state index in [0.717, 1.165) is 0 Å². The van der Waals surface area contributed by atoms with E-state index >= 15 is 0 Å². The molecule has 0 aromatic carbocycles. The maximum atomic E-state index is 8.55. The Morgan fingerprint density at radius 1 is 1.12 bits per heavy atom. The van der Waals surface area contributed by atoms with E-state index in [9.17, 15) is 0 Å². The van der Waals surface area contributed by atoms with Crippen molar-refractivity contribution in [3.63, 3.8) is 0 Å². The summed E-state index contributed by atoms with van der Waals surface area (Å²) < 4.78 is 8.55. The number of hydrogen-bond donors (Lipinski definition) is 0. The van der Waals surface area contributed by atoms with Crippen LogP contribution in [0.15, 0.2) is 0 Å². The van der Waals surface area contributed by atoms with Crippen LogP contribution in [-0.4, -0.2) is 37.7 Å². The first-order valence-corrected chi connectivity index (χ1v) is 2.19. The summed E-state index contributed by atoms with van der Waals surface area (Å²) in [7, 11) is -5.39. The molecule has 0 saturated carbocycles. The zero-order valence-electron chi connectivity index (χ0n) is 4.14. The van der Waals surface area contributed by atoms with Gasteiger partial charge in [-0.15, -0.1) is 0 Å². The van der Waals surface area contributed by atoms with E-state index in [2.05, 4.69) is 0 Å². The average Bonchev–Trinajstić information content (AvgIpc) is 0.722. The summed E-state index contributed by atoms with van der Waals surface area (Å²) in [4.78, 5) is 25.6. The van der Waals surface area contributed by atoms with Gasteiger partial charge < -0.3 is 19.2 Å². The predicted molar refractivity (Wildman–Crippen MR) is 13.4 cm³/mol. The third kappa shape index (κ3) is 66.3. The van der Waals surface area contributed by atoms with E-state index in [-0.39, 0.29) is 84.4 Å². The van der Waals surface area contributed by atoms with Crippen LogP contribution in [0.1, 0.15) is 0 Å². The second-order valence-corrected chi connectivity index (χ2v) is 1.34. The SMILES string of the molecule is O=P([O-])([O-])[O-].[Ca+2].[Fe+2].[Na+]. The molecule has 0 aromatic heterocycles. The zero-order valence-corrected chi connectivity index (χ0v) is 10.3. The minimum Gasteiger partial charge on any atom is -0.822 e. The van der Waals surface area contributed by atoms with Crippen molar-refractivity contribution in [2.75, 3.05) is 0 Å². The molecule has 0 bridgehead atoms. The summed E-state index contributed by atoms with van der Waals surface area (Å²) in [5.74, 6) is 0. The van der Waals surface area contributed by atoms with Gasteiger partial charge in [0.15, 0.2) is 0 Å². The van der Waals surface area contributed by atoms with Crippen LogP contribution in [-0.2, 0) is 21.6 Å². The molecule has 0 aliphatic rings. The van der Waals surface area contributed by atoms with Gasteiger partial charge in [-0.05, 0) is 0 Å². The molecule has 0 radical (unpaired) electrons. The number of phosphoric acid groups is 1. The molecule has 0 spiro atoms. The Bertz CT molecular complexity index is 62.2. The number of hydrogen-bond acceptors (Lipinski definition) is 4. The van der Waals surface area contributed by atoms with Gasteiger partial charge in [0.2, 0.25) is 0 Å². The number of rotatable bonds is 0. The Balaban J connectivity index is -0.0000000267. The molecule has 4 nitrogen and oxygen atoms in total. The topological polar surface area (TPSA) is 86.2 Å². The van der Waals surface area contributed by atoms with E-state index in [1.54, 1.807) is 0 Å². The van der Waals surface area contributed by atoms with Crippen LogP contribution in [0.3, 0.4) is 0 Å². The summed E-state index contributed by atoms with van der Waals surface area (Å²) in [5, 5.41) is 0. The van der Waals surface area contributed by atoms with Gasteiger partial charge in [0, 0.05) is 0 Å². The van der Waals surface area contributed by atoms with Crippen LogP contribution in [0, 0.1) is 0 Å². The molecule has 8 heteroatoms. The Morgan fingerprint density at radius 3 is 1.12 bits per heavy atom. The second-order valence-electron chi connectivity index (χ2n) is 0.447. The van der Waals surface area contributed by atoms with Crippen LogP contribution >= 0.6 is 7.82 Å². The Morgan fingerprint density at radius 2 is 1.12 bits per heavy atom. The Labute approximate surface area is 109 Å². The fraction of sp³-hybridized carbons (Fsp3) is 0. The van der Waals surface area contributed by atoms with Gasteiger partial charge in [0.1, 0.15) is 0 Å². The van der Waals surface area contributed by atoms with Gasteiger partial charge in [-0.3, -0.25) is 0 Å². The normalized spacial score (nSPS) is 7.38. The molecule has 0 rings (SSSR count). The van der Waals surface area contributed by atoms with Crippen LogP contribution in [0.4, 0.5) is 0 Å². The van der Waals surface area contributed by atoms with Gasteiger partial charge in [0.05, 0.1) is 0 Å². The van der Waals surface area contributed by atoms with E-state index in [1.165, 1.54) is 0 Å². The molecule has 0 atom stereocenters. The maximum Gasteiger partial charge on any atom is 2.00 e. The van der Waals surface area contributed by atoms with Gasteiger partial charge in [0.25, 0.3) is 0 Å². The monoisotopic (exact) mass is 214 g/mol. The third-order valence-electron chi connectivity index (χ3n) is 0. The van der Waals surface area contributed by atoms with Crippen molar-refractivity contribution < 1.29 is 65.9 Å². The largest absolute Gasteiger partial charge is 2.00 e. The first-order chi connectivity index (χ1) is 2.00. The van der Waals surface area contributed by atoms with Crippen molar-refractivity contribution in [1.82, 2.24) is 0 Å². The molecular weight excluding hydrogens is 214 g/mol. The molecule has 38 valence electrons. The summed E-state index contributed by atoms with van der Waals surface area (Å²) in [6, 6.07) is 0. The molecular formula is CaFeNaO4P+2. The quantitative estimate of drug-likeness (QED) is 0.296. The van der Waals surface area contributed by atoms with Crippen LogP contribution in [0.5, 0.6) is 0 Å². The summed E-state index contributed by atoms with van der Waals surface area (Å²) >= 11 is 0. The molecule has 0 N–H and O–H groups in total. The fourth-order valence-electron chi connectivity index (χ4n) is 0. The molecule has 0 fully saturated rings. The van der Waals surface area contributed by atoms with Crippen molar-refractivity contribution in [3.05, 3.63) is 0 Å². The van der Waals surface area contributed by atoms with Crippen molar-refractivity contribution in [1.29, 1.82) is 0 Å². The first kappa shape index (κ1) is 22.4. The fourth-order valence-corrected chi connectivity index (χ4v) is 0. The summed E-state index contributed by atoms with van der Waals surface area (Å²) in [6.45, 7) is 0. The van der Waals surface area contributed by atoms with E-state index in [0.29, 0.717) is 0 Å². The minimum atomic E-state index is -5.39. The summed E-state index contributed by atoms with van der Waals surface area (Å²) in [5.41, 5.74) is 0. The van der Waals surface area contributed by atoms with E-state index < -0.39 is 7.82 Å². The molecule has 0 aromatic rings. The van der Waals surface area contributed by atoms with Crippen LogP contribution in [0.25, 0.3) is 0 Å². The van der Waals surface area contributed by atoms with Crippen LogP contribution < -0.4 is 44.2 Å². The molecule has 0 aliphatic heterocycles. The smallest absolute Gasteiger partial charge is 0.822 e. The van der Waals surface area contributed by atoms with Crippen molar-refractivity contribution in [2.45, 2.75) is 0 Å². The van der Waals surface area contributed by atoms with E-state index in [4.69, 9.17) is 19.2 Å². The molecule has 0 amide bonds. The predicted octanol–water partition coefficient (Wildman–Crippen LogP) is -6.20. The molecule has 0 saturated heterocycles. The Kier molecular flexibility index (Phi) is 27.7.